The van der Waals surface area contributed by atoms with Gasteiger partial charge in [-0.15, -0.1) is 11.8 Å². The van der Waals surface area contributed by atoms with Gasteiger partial charge in [-0.25, -0.2) is 0 Å². The van der Waals surface area contributed by atoms with E-state index in [1.165, 1.54) is 18.9 Å². The van der Waals surface area contributed by atoms with E-state index in [0.717, 1.165) is 43.6 Å². The van der Waals surface area contributed by atoms with Crippen LogP contribution < -0.4 is 0 Å². The van der Waals surface area contributed by atoms with Crippen molar-refractivity contribution in [3.8, 4) is 0 Å². The molecule has 0 unspecified atom stereocenters. The smallest absolute Gasteiger partial charge is 0.315 e. The lowest BCUT2D eigenvalue weighted by atomic mass is 10.0. The van der Waals surface area contributed by atoms with Crippen LogP contribution in [0.3, 0.4) is 0 Å². The van der Waals surface area contributed by atoms with E-state index in [2.05, 4.69) is 11.7 Å². The molecule has 0 aromatic rings. The van der Waals surface area contributed by atoms with Gasteiger partial charge in [0.1, 0.15) is 5.78 Å². The van der Waals surface area contributed by atoms with Gasteiger partial charge < -0.3 is 14.9 Å². The first-order valence-electron chi connectivity index (χ1n) is 9.32. The van der Waals surface area contributed by atoms with Gasteiger partial charge >= 0.3 is 5.97 Å². The Balaban J connectivity index is 2.37. The van der Waals surface area contributed by atoms with Gasteiger partial charge in [-0.2, -0.15) is 11.8 Å². The summed E-state index contributed by atoms with van der Waals surface area (Å²) in [5.74, 6) is 1.63. The zero-order valence-electron chi connectivity index (χ0n) is 15.8. The fourth-order valence-corrected chi connectivity index (χ4v) is 5.15. The van der Waals surface area contributed by atoms with E-state index >= 15 is 0 Å². The number of aliphatic hydroxyl groups excluding tert-OH is 2. The van der Waals surface area contributed by atoms with Crippen molar-refractivity contribution in [2.24, 2.45) is 5.92 Å². The van der Waals surface area contributed by atoms with Crippen LogP contribution in [0, 0.1) is 5.92 Å². The summed E-state index contributed by atoms with van der Waals surface area (Å²) in [6.07, 6.45) is 7.39. The standard InChI is InChI=1S/C19H32O5S2/c1-3-4-5-7-14(20)8-9-15-16(21)12-17(22)19(15)26-11-6-10-25-13-18(23)24-2/h8-9,14-16,19-21H,3-7,10-13H2,1-2H3/t14-,15-,16+,19+/m0/s1. The topological polar surface area (TPSA) is 83.8 Å². The third kappa shape index (κ3) is 8.93. The van der Waals surface area contributed by atoms with Crippen molar-refractivity contribution in [1.82, 2.24) is 0 Å². The minimum Gasteiger partial charge on any atom is -0.468 e. The third-order valence-electron chi connectivity index (χ3n) is 4.36. The zero-order valence-corrected chi connectivity index (χ0v) is 17.4. The molecule has 5 nitrogen and oxygen atoms in total. The lowest BCUT2D eigenvalue weighted by Crippen LogP contribution is -2.22. The Labute approximate surface area is 165 Å². The quantitative estimate of drug-likeness (QED) is 0.277. The van der Waals surface area contributed by atoms with Crippen LogP contribution in [-0.4, -0.2) is 63.8 Å². The number of methoxy groups -OCH3 is 1. The number of carbonyl (C=O) groups is 2. The molecule has 0 aromatic carbocycles. The van der Waals surface area contributed by atoms with Crippen LogP contribution in [0.25, 0.3) is 0 Å². The minimum atomic E-state index is -0.659. The lowest BCUT2D eigenvalue weighted by Gasteiger charge is -2.17. The van der Waals surface area contributed by atoms with Gasteiger partial charge in [0, 0.05) is 12.3 Å². The Morgan fingerprint density at radius 3 is 2.81 bits per heavy atom. The summed E-state index contributed by atoms with van der Waals surface area (Å²) in [7, 11) is 1.38. The molecule has 1 aliphatic rings. The number of hydrogen-bond acceptors (Lipinski definition) is 7. The second-order valence-corrected chi connectivity index (χ2v) is 8.89. The summed E-state index contributed by atoms with van der Waals surface area (Å²) in [4.78, 5) is 23.2. The van der Waals surface area contributed by atoms with Crippen molar-refractivity contribution in [3.05, 3.63) is 12.2 Å². The summed E-state index contributed by atoms with van der Waals surface area (Å²) in [5.41, 5.74) is 0. The fourth-order valence-electron chi connectivity index (χ4n) is 2.85. The second-order valence-electron chi connectivity index (χ2n) is 6.54. The molecule has 0 spiro atoms. The molecule has 0 saturated heterocycles. The molecule has 0 heterocycles. The zero-order chi connectivity index (χ0) is 19.4. The van der Waals surface area contributed by atoms with Gasteiger partial charge in [0.2, 0.25) is 0 Å². The first-order valence-corrected chi connectivity index (χ1v) is 11.5. The molecule has 0 bridgehead atoms. The summed E-state index contributed by atoms with van der Waals surface area (Å²) in [6, 6.07) is 0. The van der Waals surface area contributed by atoms with Crippen LogP contribution in [0.4, 0.5) is 0 Å². The summed E-state index contributed by atoms with van der Waals surface area (Å²) < 4.78 is 4.59. The van der Waals surface area contributed by atoms with Gasteiger partial charge in [0.05, 0.1) is 30.3 Å². The van der Waals surface area contributed by atoms with Crippen molar-refractivity contribution >= 4 is 35.3 Å². The molecular formula is C19H32O5S2. The highest BCUT2D eigenvalue weighted by molar-refractivity contribution is 8.01. The van der Waals surface area contributed by atoms with Crippen molar-refractivity contribution in [2.75, 3.05) is 24.4 Å². The number of esters is 1. The Morgan fingerprint density at radius 1 is 1.35 bits per heavy atom. The van der Waals surface area contributed by atoms with Crippen LogP contribution in [0.1, 0.15) is 45.4 Å². The van der Waals surface area contributed by atoms with Crippen LogP contribution in [0.15, 0.2) is 12.2 Å². The molecule has 1 rings (SSSR count). The molecule has 1 fully saturated rings. The second kappa shape index (κ2) is 13.6. The molecule has 1 saturated carbocycles. The number of ketones is 1. The maximum Gasteiger partial charge on any atom is 0.315 e. The Bertz CT molecular complexity index is 455. The molecular weight excluding hydrogens is 372 g/mol. The largest absolute Gasteiger partial charge is 0.468 e. The minimum absolute atomic E-state index is 0.0832. The number of aliphatic hydroxyl groups is 2. The number of thioether (sulfide) groups is 2. The van der Waals surface area contributed by atoms with Crippen LogP contribution in [-0.2, 0) is 14.3 Å². The first-order chi connectivity index (χ1) is 12.5. The molecule has 7 heteroatoms. The summed E-state index contributed by atoms with van der Waals surface area (Å²) in [6.45, 7) is 2.12. The van der Waals surface area contributed by atoms with Crippen LogP contribution in [0.5, 0.6) is 0 Å². The lowest BCUT2D eigenvalue weighted by molar-refractivity contribution is -0.137. The average Bonchev–Trinajstić information content (AvgIpc) is 2.89. The van der Waals surface area contributed by atoms with Crippen molar-refractivity contribution < 1.29 is 24.5 Å². The third-order valence-corrected chi connectivity index (χ3v) is 6.84. The Morgan fingerprint density at radius 2 is 2.12 bits per heavy atom. The van der Waals surface area contributed by atoms with E-state index < -0.39 is 12.2 Å². The van der Waals surface area contributed by atoms with E-state index in [0.29, 0.717) is 5.75 Å². The maximum atomic E-state index is 12.2. The molecule has 2 N–H and O–H groups in total. The molecule has 26 heavy (non-hydrogen) atoms. The highest BCUT2D eigenvalue weighted by Crippen LogP contribution is 2.34. The van der Waals surface area contributed by atoms with Gasteiger partial charge in [0.25, 0.3) is 0 Å². The monoisotopic (exact) mass is 404 g/mol. The van der Waals surface area contributed by atoms with E-state index in [1.807, 2.05) is 6.08 Å². The molecule has 0 aliphatic heterocycles. The highest BCUT2D eigenvalue weighted by atomic mass is 32.2. The predicted octanol–water partition coefficient (Wildman–Crippen LogP) is 2.83. The molecule has 0 amide bonds. The van der Waals surface area contributed by atoms with E-state index in [4.69, 9.17) is 0 Å². The number of ether oxygens (including phenoxy) is 1. The molecule has 150 valence electrons. The fraction of sp³-hybridized carbons (Fsp3) is 0.789. The molecule has 4 atom stereocenters. The van der Waals surface area contributed by atoms with E-state index in [-0.39, 0.29) is 29.3 Å². The van der Waals surface area contributed by atoms with Crippen LogP contribution >= 0.6 is 23.5 Å². The van der Waals surface area contributed by atoms with Gasteiger partial charge in [-0.1, -0.05) is 38.3 Å². The maximum absolute atomic E-state index is 12.2. The molecule has 1 aliphatic carbocycles. The van der Waals surface area contributed by atoms with Gasteiger partial charge in [-0.05, 0) is 24.3 Å². The SMILES string of the molecule is CCCCC[C@H](O)C=C[C@H]1[C@H](O)CC(=O)[C@@H]1SCCCSCC(=O)OC. The Kier molecular flexibility index (Phi) is 12.3. The van der Waals surface area contributed by atoms with Crippen molar-refractivity contribution in [3.63, 3.8) is 0 Å². The first kappa shape index (κ1) is 23.5. The Hall–Kier alpha value is -0.500. The van der Waals surface area contributed by atoms with Crippen molar-refractivity contribution in [2.45, 2.75) is 62.9 Å². The van der Waals surface area contributed by atoms with E-state index in [1.54, 1.807) is 17.8 Å². The normalized spacial score (nSPS) is 24.3. The van der Waals surface area contributed by atoms with Gasteiger partial charge in [0.15, 0.2) is 0 Å². The molecule has 0 radical (unpaired) electrons. The summed E-state index contributed by atoms with van der Waals surface area (Å²) in [5, 5.41) is 19.9. The number of rotatable bonds is 13. The molecule has 0 aromatic heterocycles. The average molecular weight is 405 g/mol. The predicted molar refractivity (Wildman–Crippen MR) is 109 cm³/mol. The number of Topliss-reactive ketones (excluding diaryl/α,β-unsaturated/α-hetero) is 1. The highest BCUT2D eigenvalue weighted by Gasteiger charge is 2.40. The number of hydrogen-bond donors (Lipinski definition) is 2. The van der Waals surface area contributed by atoms with E-state index in [9.17, 15) is 19.8 Å². The number of unbranched alkanes of at least 4 members (excludes halogenated alkanes) is 2. The number of carbonyl (C=O) groups excluding carboxylic acids is 2. The van der Waals surface area contributed by atoms with Crippen molar-refractivity contribution in [1.29, 1.82) is 0 Å². The van der Waals surface area contributed by atoms with Gasteiger partial charge in [-0.3, -0.25) is 9.59 Å². The van der Waals surface area contributed by atoms with Crippen LogP contribution in [0.2, 0.25) is 0 Å². The summed E-state index contributed by atoms with van der Waals surface area (Å²) >= 11 is 3.09.